The van der Waals surface area contributed by atoms with E-state index in [9.17, 15) is 17.6 Å². The van der Waals surface area contributed by atoms with Crippen LogP contribution in [-0.4, -0.2) is 32.3 Å². The van der Waals surface area contributed by atoms with Crippen molar-refractivity contribution in [1.82, 2.24) is 9.62 Å². The van der Waals surface area contributed by atoms with E-state index >= 15 is 0 Å². The highest BCUT2D eigenvalue weighted by Gasteiger charge is 2.19. The lowest BCUT2D eigenvalue weighted by Crippen LogP contribution is -2.27. The molecule has 0 saturated carbocycles. The van der Waals surface area contributed by atoms with Crippen LogP contribution >= 0.6 is 0 Å². The fourth-order valence-electron chi connectivity index (χ4n) is 2.90. The van der Waals surface area contributed by atoms with Crippen LogP contribution in [0.15, 0.2) is 53.4 Å². The van der Waals surface area contributed by atoms with Gasteiger partial charge in [0.25, 0.3) is 0 Å². The summed E-state index contributed by atoms with van der Waals surface area (Å²) in [4.78, 5) is 13.6. The Labute approximate surface area is 152 Å². The van der Waals surface area contributed by atoms with Gasteiger partial charge >= 0.3 is 0 Å². The smallest absolute Gasteiger partial charge is 0.240 e. The number of nitrogens with one attached hydrogen (secondary N) is 1. The van der Waals surface area contributed by atoms with Gasteiger partial charge in [-0.05, 0) is 48.2 Å². The molecule has 7 heteroatoms. The van der Waals surface area contributed by atoms with Crippen LogP contribution in [-0.2, 0) is 27.8 Å². The van der Waals surface area contributed by atoms with Gasteiger partial charge in [0.05, 0.1) is 4.90 Å². The Morgan fingerprint density at radius 1 is 1.00 bits per heavy atom. The predicted octanol–water partition coefficient (Wildman–Crippen LogP) is 2.47. The number of carbonyl (C=O) groups excluding carboxylic acids is 1. The van der Waals surface area contributed by atoms with E-state index in [1.54, 1.807) is 36.4 Å². The van der Waals surface area contributed by atoms with E-state index in [4.69, 9.17) is 0 Å². The third-order valence-corrected chi connectivity index (χ3v) is 5.87. The number of amides is 1. The van der Waals surface area contributed by atoms with Crippen molar-refractivity contribution in [3.63, 3.8) is 0 Å². The summed E-state index contributed by atoms with van der Waals surface area (Å²) in [6.07, 6.45) is 2.24. The molecule has 5 nitrogen and oxygen atoms in total. The standard InChI is InChI=1S/C19H21FN2O3S/c20-17-7-3-16(4-8-17)14-21-26(24,25)18-9-5-15(6-10-18)11-13-22-12-1-2-19(22)23/h3-10,21H,1-2,11-14H2. The molecule has 0 radical (unpaired) electrons. The second-order valence-electron chi connectivity index (χ2n) is 6.33. The van der Waals surface area contributed by atoms with E-state index in [1.807, 2.05) is 4.90 Å². The van der Waals surface area contributed by atoms with Crippen LogP contribution in [0.25, 0.3) is 0 Å². The number of carbonyl (C=O) groups is 1. The summed E-state index contributed by atoms with van der Waals surface area (Å²) >= 11 is 0. The number of hydrogen-bond acceptors (Lipinski definition) is 3. The van der Waals surface area contributed by atoms with Gasteiger partial charge in [0.15, 0.2) is 0 Å². The minimum atomic E-state index is -3.63. The maximum absolute atomic E-state index is 12.9. The molecular formula is C19H21FN2O3S. The molecule has 1 N–H and O–H groups in total. The van der Waals surface area contributed by atoms with Crippen molar-refractivity contribution in [2.45, 2.75) is 30.7 Å². The number of rotatable bonds is 7. The molecule has 0 spiro atoms. The summed E-state index contributed by atoms with van der Waals surface area (Å²) in [6, 6.07) is 12.3. The highest BCUT2D eigenvalue weighted by atomic mass is 32.2. The van der Waals surface area contributed by atoms with Gasteiger partial charge in [-0.1, -0.05) is 24.3 Å². The van der Waals surface area contributed by atoms with E-state index in [-0.39, 0.29) is 23.2 Å². The molecule has 1 saturated heterocycles. The van der Waals surface area contributed by atoms with E-state index < -0.39 is 10.0 Å². The largest absolute Gasteiger partial charge is 0.342 e. The average Bonchev–Trinajstić information content (AvgIpc) is 3.05. The van der Waals surface area contributed by atoms with Crippen LogP contribution in [0.4, 0.5) is 4.39 Å². The molecular weight excluding hydrogens is 355 g/mol. The number of hydrogen-bond donors (Lipinski definition) is 1. The molecule has 0 aliphatic carbocycles. The molecule has 3 rings (SSSR count). The van der Waals surface area contributed by atoms with Crippen molar-refractivity contribution in [2.75, 3.05) is 13.1 Å². The van der Waals surface area contributed by atoms with Gasteiger partial charge < -0.3 is 4.90 Å². The van der Waals surface area contributed by atoms with Crippen molar-refractivity contribution in [2.24, 2.45) is 0 Å². The Bertz CT molecular complexity index is 865. The SMILES string of the molecule is O=C1CCCN1CCc1ccc(S(=O)(=O)NCc2ccc(F)cc2)cc1. The zero-order chi connectivity index (χ0) is 18.6. The molecule has 0 aromatic heterocycles. The zero-order valence-corrected chi connectivity index (χ0v) is 15.1. The van der Waals surface area contributed by atoms with Crippen molar-refractivity contribution in [3.8, 4) is 0 Å². The van der Waals surface area contributed by atoms with Crippen molar-refractivity contribution in [3.05, 3.63) is 65.5 Å². The molecule has 1 heterocycles. The zero-order valence-electron chi connectivity index (χ0n) is 14.3. The molecule has 1 aliphatic rings. The first-order valence-electron chi connectivity index (χ1n) is 8.55. The Morgan fingerprint density at radius 3 is 2.27 bits per heavy atom. The van der Waals surface area contributed by atoms with Crippen LogP contribution < -0.4 is 4.72 Å². The summed E-state index contributed by atoms with van der Waals surface area (Å²) in [5.41, 5.74) is 1.67. The second kappa shape index (κ2) is 7.97. The maximum atomic E-state index is 12.9. The van der Waals surface area contributed by atoms with E-state index in [2.05, 4.69) is 4.72 Å². The van der Waals surface area contributed by atoms with Gasteiger partial charge in [-0.3, -0.25) is 4.79 Å². The summed E-state index contributed by atoms with van der Waals surface area (Å²) in [5.74, 6) is -0.169. The normalized spacial score (nSPS) is 14.8. The summed E-state index contributed by atoms with van der Waals surface area (Å²) < 4.78 is 40.1. The Balaban J connectivity index is 1.57. The first-order valence-corrected chi connectivity index (χ1v) is 10.0. The van der Waals surface area contributed by atoms with E-state index in [0.717, 1.165) is 18.5 Å². The lowest BCUT2D eigenvalue weighted by molar-refractivity contribution is -0.127. The second-order valence-corrected chi connectivity index (χ2v) is 8.10. The minimum Gasteiger partial charge on any atom is -0.342 e. The monoisotopic (exact) mass is 376 g/mol. The summed E-state index contributed by atoms with van der Waals surface area (Å²) in [7, 11) is -3.63. The molecule has 0 bridgehead atoms. The molecule has 26 heavy (non-hydrogen) atoms. The van der Waals surface area contributed by atoms with E-state index in [0.29, 0.717) is 24.9 Å². The lowest BCUT2D eigenvalue weighted by atomic mass is 10.1. The van der Waals surface area contributed by atoms with Crippen LogP contribution in [0, 0.1) is 5.82 Å². The topological polar surface area (TPSA) is 66.5 Å². The maximum Gasteiger partial charge on any atom is 0.240 e. The minimum absolute atomic E-state index is 0.0986. The third-order valence-electron chi connectivity index (χ3n) is 4.45. The van der Waals surface area contributed by atoms with Gasteiger partial charge in [-0.25, -0.2) is 17.5 Å². The third kappa shape index (κ3) is 4.68. The number of nitrogens with zero attached hydrogens (tertiary/aromatic N) is 1. The first kappa shape index (κ1) is 18.5. The van der Waals surface area contributed by atoms with Crippen molar-refractivity contribution >= 4 is 15.9 Å². The molecule has 2 aromatic carbocycles. The lowest BCUT2D eigenvalue weighted by Gasteiger charge is -2.15. The van der Waals surface area contributed by atoms with Crippen molar-refractivity contribution < 1.29 is 17.6 Å². The Hall–Kier alpha value is -2.25. The molecule has 0 unspecified atom stereocenters. The first-order chi connectivity index (χ1) is 12.4. The molecule has 0 atom stereocenters. The molecule has 1 amide bonds. The van der Waals surface area contributed by atoms with Gasteiger partial charge in [0, 0.05) is 26.1 Å². The molecule has 2 aromatic rings. The van der Waals surface area contributed by atoms with Crippen LogP contribution in [0.5, 0.6) is 0 Å². The van der Waals surface area contributed by atoms with Crippen molar-refractivity contribution in [1.29, 1.82) is 0 Å². The summed E-state index contributed by atoms with van der Waals surface area (Å²) in [5, 5.41) is 0. The van der Waals surface area contributed by atoms with Gasteiger partial charge in [-0.2, -0.15) is 0 Å². The highest BCUT2D eigenvalue weighted by molar-refractivity contribution is 7.89. The van der Waals surface area contributed by atoms with Crippen LogP contribution in [0.3, 0.4) is 0 Å². The quantitative estimate of drug-likeness (QED) is 0.807. The molecule has 1 aliphatic heterocycles. The highest BCUT2D eigenvalue weighted by Crippen LogP contribution is 2.14. The molecule has 138 valence electrons. The van der Waals surface area contributed by atoms with Crippen LogP contribution in [0.2, 0.25) is 0 Å². The number of likely N-dealkylation sites (tertiary alicyclic amines) is 1. The summed E-state index contributed by atoms with van der Waals surface area (Å²) in [6.45, 7) is 1.56. The molecule has 1 fully saturated rings. The fraction of sp³-hybridized carbons (Fsp3) is 0.316. The number of sulfonamides is 1. The fourth-order valence-corrected chi connectivity index (χ4v) is 3.92. The number of halogens is 1. The number of benzene rings is 2. The Kier molecular flexibility index (Phi) is 5.68. The predicted molar refractivity (Wildman–Crippen MR) is 96.4 cm³/mol. The van der Waals surface area contributed by atoms with E-state index in [1.165, 1.54) is 12.1 Å². The van der Waals surface area contributed by atoms with Crippen LogP contribution in [0.1, 0.15) is 24.0 Å². The van der Waals surface area contributed by atoms with Gasteiger partial charge in [0.1, 0.15) is 5.82 Å². The Morgan fingerprint density at radius 2 is 1.65 bits per heavy atom. The average molecular weight is 376 g/mol. The van der Waals surface area contributed by atoms with Gasteiger partial charge in [0.2, 0.25) is 15.9 Å². The van der Waals surface area contributed by atoms with Gasteiger partial charge in [-0.15, -0.1) is 0 Å².